The van der Waals surface area contributed by atoms with Crippen molar-refractivity contribution in [3.8, 4) is 28.5 Å². The number of imide groups is 1. The van der Waals surface area contributed by atoms with Crippen LogP contribution in [0.15, 0.2) is 79.1 Å². The summed E-state index contributed by atoms with van der Waals surface area (Å²) >= 11 is 0. The minimum atomic E-state index is -1.35. The molecule has 3 saturated heterocycles. The molecule has 2 aromatic heterocycles. The quantitative estimate of drug-likeness (QED) is 0.0859. The van der Waals surface area contributed by atoms with Crippen LogP contribution < -0.4 is 20.5 Å². The average Bonchev–Trinajstić information content (AvgIpc) is 3.65. The van der Waals surface area contributed by atoms with E-state index in [2.05, 4.69) is 29.8 Å². The van der Waals surface area contributed by atoms with Gasteiger partial charge in [0.05, 0.1) is 11.4 Å². The van der Waals surface area contributed by atoms with E-state index in [4.69, 9.17) is 20.3 Å². The molecule has 1 saturated carbocycles. The number of ether oxygens (including phenoxy) is 2. The molecule has 9 rings (SSSR count). The maximum atomic E-state index is 12.4. The number of hydrogen-bond donors (Lipinski definition) is 3. The number of fused-ring (bicyclic) bond motifs is 1. The Morgan fingerprint density at radius 3 is 2.23 bits per heavy atom. The van der Waals surface area contributed by atoms with Gasteiger partial charge in [0.1, 0.15) is 47.2 Å². The number of aromatic nitrogens is 4. The van der Waals surface area contributed by atoms with Crippen LogP contribution in [0, 0.1) is 6.92 Å². The van der Waals surface area contributed by atoms with Gasteiger partial charge in [-0.1, -0.05) is 24.3 Å². The standard InChI is InChI=1S/C45H51N9O6/c1-28-7-14-35(23-37(28)45(58)53(27-55)38-17-18-39(56)49-44(38)57)60-36-24-52(25-36)31-12-10-30(11-13-31)51-21-19-32(20-22-51)54-43-40(42(46)47-26-48-43)41(50-54)29-8-15-34(16-9-29)59-33-5-3-2-4-6-33/h2-9,14-16,23,26-27,30-32,36,38,45,58H,10-13,17-22,24-25H2,1H3,(H2,46,47,48)(H,49,56,57). The van der Waals surface area contributed by atoms with Crippen LogP contribution in [0.25, 0.3) is 22.3 Å². The van der Waals surface area contributed by atoms with Gasteiger partial charge in [0.15, 0.2) is 11.9 Å². The van der Waals surface area contributed by atoms with Gasteiger partial charge in [-0.2, -0.15) is 5.10 Å². The molecule has 3 aliphatic heterocycles. The lowest BCUT2D eigenvalue weighted by atomic mass is 9.86. The second-order valence-electron chi connectivity index (χ2n) is 16.5. The fourth-order valence-electron chi connectivity index (χ4n) is 9.48. The summed E-state index contributed by atoms with van der Waals surface area (Å²) in [5.74, 6) is 1.60. The molecule has 2 atom stereocenters. The lowest BCUT2D eigenvalue weighted by molar-refractivity contribution is -0.149. The maximum absolute atomic E-state index is 12.4. The van der Waals surface area contributed by atoms with Gasteiger partial charge in [-0.3, -0.25) is 24.6 Å². The van der Waals surface area contributed by atoms with E-state index in [1.54, 1.807) is 6.07 Å². The van der Waals surface area contributed by atoms with E-state index < -0.39 is 18.2 Å². The van der Waals surface area contributed by atoms with Gasteiger partial charge in [-0.15, -0.1) is 0 Å². The summed E-state index contributed by atoms with van der Waals surface area (Å²) in [7, 11) is 0. The third-order valence-corrected chi connectivity index (χ3v) is 12.9. The van der Waals surface area contributed by atoms with Crippen molar-refractivity contribution in [3.05, 3.63) is 90.3 Å². The van der Waals surface area contributed by atoms with Gasteiger partial charge in [-0.25, -0.2) is 14.6 Å². The van der Waals surface area contributed by atoms with E-state index in [-0.39, 0.29) is 30.9 Å². The average molecular weight is 814 g/mol. The van der Waals surface area contributed by atoms with Crippen LogP contribution in [0.5, 0.6) is 17.2 Å². The summed E-state index contributed by atoms with van der Waals surface area (Å²) in [6.45, 7) is 5.53. The third-order valence-electron chi connectivity index (χ3n) is 12.9. The lowest BCUT2D eigenvalue weighted by Gasteiger charge is -2.48. The number of hydrogen-bond acceptors (Lipinski definition) is 12. The maximum Gasteiger partial charge on any atom is 0.249 e. The molecule has 312 valence electrons. The number of para-hydroxylation sites is 1. The Kier molecular flexibility index (Phi) is 11.2. The number of aliphatic hydroxyl groups is 1. The Hall–Kier alpha value is -5.90. The molecule has 3 aromatic carbocycles. The number of piperidine rings is 2. The zero-order valence-corrected chi connectivity index (χ0v) is 33.7. The van der Waals surface area contributed by atoms with Crippen LogP contribution in [-0.2, 0) is 14.4 Å². The predicted molar refractivity (Wildman–Crippen MR) is 224 cm³/mol. The second kappa shape index (κ2) is 17.0. The molecular weight excluding hydrogens is 763 g/mol. The van der Waals surface area contributed by atoms with Crippen molar-refractivity contribution in [3.63, 3.8) is 0 Å². The van der Waals surface area contributed by atoms with Crippen LogP contribution in [-0.4, -0.2) is 108 Å². The second-order valence-corrected chi connectivity index (χ2v) is 16.5. The summed E-state index contributed by atoms with van der Waals surface area (Å²) in [5.41, 5.74) is 10.2. The van der Waals surface area contributed by atoms with Crippen molar-refractivity contribution < 1.29 is 29.0 Å². The van der Waals surface area contributed by atoms with Gasteiger partial charge in [0.25, 0.3) is 0 Å². The number of aryl methyl sites for hydroxylation is 1. The smallest absolute Gasteiger partial charge is 0.249 e. The lowest BCUT2D eigenvalue weighted by Crippen LogP contribution is -2.59. The number of carbonyl (C=O) groups excluding carboxylic acids is 3. The molecule has 4 N–H and O–H groups in total. The highest BCUT2D eigenvalue weighted by atomic mass is 16.5. The van der Waals surface area contributed by atoms with E-state index in [0.29, 0.717) is 35.6 Å². The number of nitrogens with zero attached hydrogens (tertiary/aromatic N) is 7. The van der Waals surface area contributed by atoms with Crippen LogP contribution in [0.1, 0.15) is 74.8 Å². The zero-order chi connectivity index (χ0) is 41.3. The molecule has 0 spiro atoms. The molecule has 15 nitrogen and oxygen atoms in total. The number of amides is 3. The number of rotatable bonds is 12. The summed E-state index contributed by atoms with van der Waals surface area (Å²) in [6, 6.07) is 23.5. The SMILES string of the molecule is Cc1ccc(OC2CN(C3CCC(N4CCC(n5nc(-c6ccc(Oc7ccccc7)cc6)c6c(N)ncnc65)CC4)CC3)C2)cc1C(O)N(C=O)C1CCC(=O)NC1=O. The molecule has 3 amide bonds. The summed E-state index contributed by atoms with van der Waals surface area (Å²) in [6.07, 6.45) is 7.54. The molecule has 1 aliphatic carbocycles. The molecule has 4 aliphatic rings. The van der Waals surface area contributed by atoms with Crippen LogP contribution in [0.2, 0.25) is 0 Å². The molecular formula is C45H51N9O6. The number of benzene rings is 3. The number of likely N-dealkylation sites (tertiary alicyclic amines) is 2. The number of anilines is 1. The number of nitrogen functional groups attached to an aromatic ring is 1. The number of carbonyl (C=O) groups is 3. The van der Waals surface area contributed by atoms with E-state index in [1.165, 1.54) is 19.2 Å². The minimum Gasteiger partial charge on any atom is -0.488 e. The third kappa shape index (κ3) is 8.04. The number of nitrogens with two attached hydrogens (primary N) is 1. The first-order chi connectivity index (χ1) is 29.2. The van der Waals surface area contributed by atoms with E-state index >= 15 is 0 Å². The van der Waals surface area contributed by atoms with Crippen LogP contribution >= 0.6 is 0 Å². The van der Waals surface area contributed by atoms with Gasteiger partial charge >= 0.3 is 0 Å². The van der Waals surface area contributed by atoms with Crippen molar-refractivity contribution in [2.45, 2.75) is 94.8 Å². The normalized spacial score (nSPS) is 22.5. The Morgan fingerprint density at radius 1 is 0.850 bits per heavy atom. The highest BCUT2D eigenvalue weighted by Crippen LogP contribution is 2.38. The minimum absolute atomic E-state index is 0.0271. The first-order valence-corrected chi connectivity index (χ1v) is 21.0. The van der Waals surface area contributed by atoms with Crippen molar-refractivity contribution in [2.75, 3.05) is 31.9 Å². The van der Waals surface area contributed by atoms with Gasteiger partial charge in [0, 0.05) is 55.8 Å². The number of aliphatic hydroxyl groups excluding tert-OH is 1. The van der Waals surface area contributed by atoms with Gasteiger partial charge in [0.2, 0.25) is 18.2 Å². The van der Waals surface area contributed by atoms with E-state index in [0.717, 1.165) is 96.1 Å². The summed E-state index contributed by atoms with van der Waals surface area (Å²) < 4.78 is 14.4. The molecule has 2 unspecified atom stereocenters. The van der Waals surface area contributed by atoms with Crippen molar-refractivity contribution in [1.82, 2.24) is 39.8 Å². The largest absolute Gasteiger partial charge is 0.488 e. The monoisotopic (exact) mass is 813 g/mol. The molecule has 0 radical (unpaired) electrons. The van der Waals surface area contributed by atoms with Crippen LogP contribution in [0.4, 0.5) is 5.82 Å². The zero-order valence-electron chi connectivity index (χ0n) is 33.7. The van der Waals surface area contributed by atoms with Gasteiger partial charge in [-0.05, 0) is 106 Å². The van der Waals surface area contributed by atoms with Crippen molar-refractivity contribution in [1.29, 1.82) is 0 Å². The summed E-state index contributed by atoms with van der Waals surface area (Å²) in [5, 5.41) is 19.4. The molecule has 60 heavy (non-hydrogen) atoms. The van der Waals surface area contributed by atoms with Crippen molar-refractivity contribution in [2.24, 2.45) is 0 Å². The molecule has 4 fully saturated rings. The Labute approximate surface area is 348 Å². The first-order valence-electron chi connectivity index (χ1n) is 21.0. The molecule has 15 heteroatoms. The highest BCUT2D eigenvalue weighted by Gasteiger charge is 2.39. The topological polar surface area (TPSA) is 181 Å². The van der Waals surface area contributed by atoms with E-state index in [1.807, 2.05) is 73.7 Å². The molecule has 5 heterocycles. The van der Waals surface area contributed by atoms with Gasteiger partial charge < -0.3 is 30.1 Å². The first kappa shape index (κ1) is 39.6. The summed E-state index contributed by atoms with van der Waals surface area (Å²) in [4.78, 5) is 51.4. The molecule has 0 bridgehead atoms. The predicted octanol–water partition coefficient (Wildman–Crippen LogP) is 5.14. The highest BCUT2D eigenvalue weighted by molar-refractivity contribution is 6.01. The van der Waals surface area contributed by atoms with E-state index in [9.17, 15) is 19.5 Å². The van der Waals surface area contributed by atoms with Crippen molar-refractivity contribution >= 4 is 35.1 Å². The van der Waals surface area contributed by atoms with Crippen LogP contribution in [0.3, 0.4) is 0 Å². The number of nitrogens with one attached hydrogen (secondary N) is 1. The Bertz CT molecular complexity index is 2330. The Morgan fingerprint density at radius 2 is 1.53 bits per heavy atom. The molecule has 5 aromatic rings. The Balaban J connectivity index is 0.761. The fourth-order valence-corrected chi connectivity index (χ4v) is 9.48. The fraction of sp³-hybridized carbons (Fsp3) is 0.422.